The van der Waals surface area contributed by atoms with Gasteiger partial charge in [0.2, 0.25) is 0 Å². The Morgan fingerprint density at radius 1 is 1.18 bits per heavy atom. The van der Waals surface area contributed by atoms with E-state index in [0.717, 1.165) is 48.6 Å². The van der Waals surface area contributed by atoms with Crippen LogP contribution in [0.5, 0.6) is 5.75 Å². The van der Waals surface area contributed by atoms with Gasteiger partial charge in [0.15, 0.2) is 0 Å². The molecule has 3 unspecified atom stereocenters. The van der Waals surface area contributed by atoms with Crippen molar-refractivity contribution in [3.8, 4) is 5.75 Å². The molecule has 182 valence electrons. The maximum Gasteiger partial charge on any atom is 0.251 e. The van der Waals surface area contributed by atoms with Gasteiger partial charge in [0.05, 0.1) is 25.0 Å². The molecule has 0 bridgehead atoms. The van der Waals surface area contributed by atoms with Gasteiger partial charge >= 0.3 is 0 Å². The molecule has 3 heterocycles. The van der Waals surface area contributed by atoms with E-state index in [0.29, 0.717) is 24.8 Å². The lowest BCUT2D eigenvalue weighted by Crippen LogP contribution is -2.57. The molecule has 9 nitrogen and oxygen atoms in total. The van der Waals surface area contributed by atoms with Gasteiger partial charge in [-0.1, -0.05) is 18.2 Å². The second kappa shape index (κ2) is 10.3. The fourth-order valence-electron chi connectivity index (χ4n) is 4.95. The summed E-state index contributed by atoms with van der Waals surface area (Å²) in [7, 11) is 2.13. The summed E-state index contributed by atoms with van der Waals surface area (Å²) < 4.78 is 5.79. The summed E-state index contributed by atoms with van der Waals surface area (Å²) in [5.74, 6) is 0.795. The third-order valence-electron chi connectivity index (χ3n) is 6.97. The van der Waals surface area contributed by atoms with Crippen LogP contribution in [0.2, 0.25) is 0 Å². The van der Waals surface area contributed by atoms with Gasteiger partial charge in [-0.15, -0.1) is 0 Å². The zero-order chi connectivity index (χ0) is 23.5. The second-order valence-electron chi connectivity index (χ2n) is 9.36. The summed E-state index contributed by atoms with van der Waals surface area (Å²) in [4.78, 5) is 15.4. The Morgan fingerprint density at radius 2 is 2.09 bits per heavy atom. The lowest BCUT2D eigenvalue weighted by Gasteiger charge is -2.33. The molecule has 2 saturated heterocycles. The van der Waals surface area contributed by atoms with Gasteiger partial charge < -0.3 is 20.7 Å². The number of aryl methyl sites for hydroxylation is 1. The predicted molar refractivity (Wildman–Crippen MR) is 132 cm³/mol. The van der Waals surface area contributed by atoms with Crippen LogP contribution in [0.1, 0.15) is 40.4 Å². The molecule has 0 aromatic heterocycles. The lowest BCUT2D eigenvalue weighted by atomic mass is 9.98. The number of likely N-dealkylation sites (N-methyl/N-ethyl adjacent to an activating group) is 1. The Morgan fingerprint density at radius 3 is 2.94 bits per heavy atom. The van der Waals surface area contributed by atoms with Gasteiger partial charge in [0, 0.05) is 42.5 Å². The number of rotatable bonds is 6. The van der Waals surface area contributed by atoms with Crippen LogP contribution in [0, 0.1) is 6.92 Å². The third-order valence-corrected chi connectivity index (χ3v) is 6.97. The molecular formula is C25H35N7O2. The van der Waals surface area contributed by atoms with Crippen LogP contribution >= 0.6 is 0 Å². The van der Waals surface area contributed by atoms with Crippen LogP contribution in [-0.4, -0.2) is 62.6 Å². The van der Waals surface area contributed by atoms with Crippen molar-refractivity contribution in [3.63, 3.8) is 0 Å². The van der Waals surface area contributed by atoms with Gasteiger partial charge in [-0.2, -0.15) is 0 Å². The molecule has 0 radical (unpaired) electrons. The minimum atomic E-state index is -0.0723. The van der Waals surface area contributed by atoms with Gasteiger partial charge in [0.25, 0.3) is 5.91 Å². The molecular weight excluding hydrogens is 430 g/mol. The number of ether oxygens (including phenoxy) is 1. The van der Waals surface area contributed by atoms with Crippen molar-refractivity contribution in [3.05, 3.63) is 59.2 Å². The summed E-state index contributed by atoms with van der Waals surface area (Å²) in [6.07, 6.45) is 2.22. The van der Waals surface area contributed by atoms with E-state index in [9.17, 15) is 4.79 Å². The molecule has 4 atom stereocenters. The number of anilines is 1. The third kappa shape index (κ3) is 5.03. The van der Waals surface area contributed by atoms with Crippen LogP contribution in [0.3, 0.4) is 0 Å². The number of nitrogens with one attached hydrogen (secondary N) is 6. The number of hydrogen-bond donors (Lipinski definition) is 6. The van der Waals surface area contributed by atoms with Crippen molar-refractivity contribution >= 4 is 11.6 Å². The van der Waals surface area contributed by atoms with Crippen LogP contribution in [0.25, 0.3) is 0 Å². The van der Waals surface area contributed by atoms with E-state index < -0.39 is 0 Å². The number of hydrazine groups is 1. The molecule has 2 aromatic carbocycles. The highest BCUT2D eigenvalue weighted by Gasteiger charge is 2.35. The quantitative estimate of drug-likeness (QED) is 0.379. The maximum atomic E-state index is 13.1. The van der Waals surface area contributed by atoms with Crippen molar-refractivity contribution in [2.75, 3.05) is 38.7 Å². The Balaban J connectivity index is 1.18. The largest absolute Gasteiger partial charge is 0.493 e. The molecule has 1 amide bonds. The average Bonchev–Trinajstić information content (AvgIpc) is 3.23. The number of benzene rings is 2. The zero-order valence-electron chi connectivity index (χ0n) is 19.9. The monoisotopic (exact) mass is 465 g/mol. The number of carbonyl (C=O) groups is 1. The first-order chi connectivity index (χ1) is 16.6. The normalized spacial score (nSPS) is 27.0. The van der Waals surface area contributed by atoms with E-state index in [-0.39, 0.29) is 24.3 Å². The molecule has 2 aromatic rings. The highest BCUT2D eigenvalue weighted by molar-refractivity contribution is 5.95. The van der Waals surface area contributed by atoms with Gasteiger partial charge in [-0.05, 0) is 56.8 Å². The average molecular weight is 466 g/mol. The van der Waals surface area contributed by atoms with Crippen molar-refractivity contribution in [2.45, 2.75) is 44.2 Å². The smallest absolute Gasteiger partial charge is 0.251 e. The summed E-state index contributed by atoms with van der Waals surface area (Å²) >= 11 is 0. The number of fused-ring (bicyclic) bond motifs is 1. The first kappa shape index (κ1) is 23.1. The Labute approximate surface area is 201 Å². The molecule has 3 aliphatic rings. The van der Waals surface area contributed by atoms with E-state index >= 15 is 0 Å². The SMILES string of the molecule is Cc1ccc2c(c1)OCC[C@@H]2NC(=O)c1cccc(NCC2NNC(C3CCNCN3)N2C)c1. The van der Waals surface area contributed by atoms with Crippen molar-refractivity contribution in [2.24, 2.45) is 0 Å². The van der Waals surface area contributed by atoms with Crippen LogP contribution < -0.4 is 36.9 Å². The van der Waals surface area contributed by atoms with Gasteiger partial charge in [-0.3, -0.25) is 15.0 Å². The van der Waals surface area contributed by atoms with Crippen LogP contribution in [-0.2, 0) is 0 Å². The molecule has 34 heavy (non-hydrogen) atoms. The highest BCUT2D eigenvalue weighted by atomic mass is 16.5. The van der Waals surface area contributed by atoms with E-state index in [2.05, 4.69) is 56.2 Å². The van der Waals surface area contributed by atoms with Gasteiger partial charge in [-0.25, -0.2) is 10.9 Å². The summed E-state index contributed by atoms with van der Waals surface area (Å²) in [5.41, 5.74) is 10.6. The maximum absolute atomic E-state index is 13.1. The molecule has 3 aliphatic heterocycles. The lowest BCUT2D eigenvalue weighted by molar-refractivity contribution is 0.0925. The van der Waals surface area contributed by atoms with E-state index in [1.54, 1.807) is 0 Å². The molecule has 0 saturated carbocycles. The summed E-state index contributed by atoms with van der Waals surface area (Å²) in [5, 5.41) is 13.5. The van der Waals surface area contributed by atoms with Crippen molar-refractivity contribution in [1.82, 2.24) is 31.7 Å². The van der Waals surface area contributed by atoms with Gasteiger partial charge in [0.1, 0.15) is 5.75 Å². The number of nitrogens with zero attached hydrogens (tertiary/aromatic N) is 1. The Hall–Kier alpha value is -2.69. The van der Waals surface area contributed by atoms with E-state index in [1.165, 1.54) is 0 Å². The van der Waals surface area contributed by atoms with Crippen molar-refractivity contribution < 1.29 is 9.53 Å². The molecule has 0 aliphatic carbocycles. The molecule has 9 heteroatoms. The predicted octanol–water partition coefficient (Wildman–Crippen LogP) is 1.26. The van der Waals surface area contributed by atoms with Crippen LogP contribution in [0.15, 0.2) is 42.5 Å². The number of amides is 1. The molecule has 5 rings (SSSR count). The standard InChI is InChI=1S/C25H35N7O2/c1-16-6-7-19-20(9-11-34-22(19)12-16)29-25(33)17-4-3-5-18(13-17)27-14-23-30-31-24(32(23)2)21-8-10-26-15-28-21/h3-7,12-13,20-21,23-24,26-28,30-31H,8-11,14-15H2,1-2H3,(H,29,33)/t20-,21?,23?,24?/m0/s1. The fourth-order valence-corrected chi connectivity index (χ4v) is 4.95. The minimum Gasteiger partial charge on any atom is -0.493 e. The Bertz CT molecular complexity index is 1010. The minimum absolute atomic E-state index is 0.0450. The fraction of sp³-hybridized carbons (Fsp3) is 0.480. The summed E-state index contributed by atoms with van der Waals surface area (Å²) in [6.45, 7) is 5.23. The van der Waals surface area contributed by atoms with Crippen LogP contribution in [0.4, 0.5) is 5.69 Å². The molecule has 0 spiro atoms. The molecule has 6 N–H and O–H groups in total. The number of hydrogen-bond acceptors (Lipinski definition) is 8. The van der Waals surface area contributed by atoms with E-state index in [1.807, 2.05) is 37.3 Å². The second-order valence-corrected chi connectivity index (χ2v) is 9.36. The zero-order valence-corrected chi connectivity index (χ0v) is 19.9. The first-order valence-corrected chi connectivity index (χ1v) is 12.1. The molecule has 2 fully saturated rings. The highest BCUT2D eigenvalue weighted by Crippen LogP contribution is 2.33. The van der Waals surface area contributed by atoms with Crippen molar-refractivity contribution in [1.29, 1.82) is 0 Å². The Kier molecular flexibility index (Phi) is 6.98. The summed E-state index contributed by atoms with van der Waals surface area (Å²) in [6, 6.07) is 14.2. The topological polar surface area (TPSA) is 102 Å². The van der Waals surface area contributed by atoms with E-state index in [4.69, 9.17) is 4.74 Å². The first-order valence-electron chi connectivity index (χ1n) is 12.1. The number of carbonyl (C=O) groups excluding carboxylic acids is 1.